The van der Waals surface area contributed by atoms with E-state index in [2.05, 4.69) is 24.5 Å². The van der Waals surface area contributed by atoms with Gasteiger partial charge in [0.15, 0.2) is 0 Å². The van der Waals surface area contributed by atoms with Gasteiger partial charge in [0, 0.05) is 13.2 Å². The second kappa shape index (κ2) is 5.41. The summed E-state index contributed by atoms with van der Waals surface area (Å²) in [6, 6.07) is -0.388. The molecule has 1 atom stereocenters. The van der Waals surface area contributed by atoms with Gasteiger partial charge in [0.1, 0.15) is 0 Å². The van der Waals surface area contributed by atoms with Crippen molar-refractivity contribution in [1.29, 1.82) is 0 Å². The van der Waals surface area contributed by atoms with E-state index in [-0.39, 0.29) is 36.3 Å². The molecule has 1 aliphatic heterocycles. The lowest BCUT2D eigenvalue weighted by atomic mass is 9.87. The van der Waals surface area contributed by atoms with E-state index in [1.54, 1.807) is 0 Å². The Hall–Kier alpha value is -0.940. The largest absolute Gasteiger partial charge is 0.396 e. The molecule has 0 bridgehead atoms. The number of hydrogen-bond acceptors (Lipinski definition) is 4. The molecule has 1 aliphatic rings. The molecule has 0 radical (unpaired) electrons. The number of carbonyl (C=O) groups is 2. The van der Waals surface area contributed by atoms with Crippen LogP contribution in [0.25, 0.3) is 0 Å². The SMILES string of the molecule is CC(C)(CCCO)CNC1CC(=O)NC1=O. The van der Waals surface area contributed by atoms with Gasteiger partial charge in [-0.15, -0.1) is 0 Å². The zero-order valence-electron chi connectivity index (χ0n) is 9.88. The van der Waals surface area contributed by atoms with Crippen molar-refractivity contribution in [3.63, 3.8) is 0 Å². The van der Waals surface area contributed by atoms with Crippen LogP contribution in [0, 0.1) is 5.41 Å². The van der Waals surface area contributed by atoms with Crippen LogP contribution < -0.4 is 10.6 Å². The first-order chi connectivity index (χ1) is 7.44. The Kier molecular flexibility index (Phi) is 4.44. The third-order valence-corrected chi connectivity index (χ3v) is 2.81. The second-order valence-corrected chi connectivity index (χ2v) is 5.04. The van der Waals surface area contributed by atoms with Crippen LogP contribution >= 0.6 is 0 Å². The van der Waals surface area contributed by atoms with Gasteiger partial charge in [-0.25, -0.2) is 0 Å². The summed E-state index contributed by atoms with van der Waals surface area (Å²) in [5.41, 5.74) is 0.0225. The maximum absolute atomic E-state index is 11.3. The Morgan fingerprint density at radius 3 is 2.69 bits per heavy atom. The zero-order chi connectivity index (χ0) is 12.2. The number of imide groups is 1. The van der Waals surface area contributed by atoms with E-state index in [0.29, 0.717) is 6.54 Å². The highest BCUT2D eigenvalue weighted by Crippen LogP contribution is 2.21. The fraction of sp³-hybridized carbons (Fsp3) is 0.818. The average molecular weight is 228 g/mol. The molecule has 0 saturated carbocycles. The Bertz CT molecular complexity index is 276. The maximum atomic E-state index is 11.3. The first kappa shape index (κ1) is 13.1. The minimum Gasteiger partial charge on any atom is -0.396 e. The highest BCUT2D eigenvalue weighted by molar-refractivity contribution is 6.05. The minimum absolute atomic E-state index is 0.0225. The van der Waals surface area contributed by atoms with Gasteiger partial charge in [0.25, 0.3) is 0 Å². The molecule has 1 unspecified atom stereocenters. The average Bonchev–Trinajstić information content (AvgIpc) is 2.52. The van der Waals surface area contributed by atoms with E-state index >= 15 is 0 Å². The molecule has 16 heavy (non-hydrogen) atoms. The van der Waals surface area contributed by atoms with Crippen LogP contribution in [-0.2, 0) is 9.59 Å². The molecular formula is C11H20N2O3. The van der Waals surface area contributed by atoms with Gasteiger partial charge >= 0.3 is 0 Å². The summed E-state index contributed by atoms with van der Waals surface area (Å²) in [6.07, 6.45) is 1.87. The lowest BCUT2D eigenvalue weighted by Crippen LogP contribution is -2.41. The molecule has 0 aliphatic carbocycles. The number of amides is 2. The first-order valence-corrected chi connectivity index (χ1v) is 5.62. The van der Waals surface area contributed by atoms with Crippen LogP contribution in [0.15, 0.2) is 0 Å². The van der Waals surface area contributed by atoms with Crippen molar-refractivity contribution in [3.05, 3.63) is 0 Å². The standard InChI is InChI=1S/C11H20N2O3/c1-11(2,4-3-5-14)7-12-8-6-9(15)13-10(8)16/h8,12,14H,3-7H2,1-2H3,(H,13,15,16). The monoisotopic (exact) mass is 228 g/mol. The van der Waals surface area contributed by atoms with E-state index in [0.717, 1.165) is 12.8 Å². The summed E-state index contributed by atoms with van der Waals surface area (Å²) in [7, 11) is 0. The highest BCUT2D eigenvalue weighted by Gasteiger charge is 2.31. The van der Waals surface area contributed by atoms with Crippen molar-refractivity contribution >= 4 is 11.8 Å². The van der Waals surface area contributed by atoms with Crippen LogP contribution in [-0.4, -0.2) is 36.1 Å². The summed E-state index contributed by atoms with van der Waals surface area (Å²) in [6.45, 7) is 5.00. The Labute approximate surface area is 95.6 Å². The van der Waals surface area contributed by atoms with Gasteiger partial charge in [0.2, 0.25) is 11.8 Å². The van der Waals surface area contributed by atoms with E-state index in [9.17, 15) is 9.59 Å². The first-order valence-electron chi connectivity index (χ1n) is 5.62. The van der Waals surface area contributed by atoms with E-state index in [4.69, 9.17) is 5.11 Å². The molecule has 0 aromatic heterocycles. The van der Waals surface area contributed by atoms with Gasteiger partial charge in [-0.3, -0.25) is 14.9 Å². The summed E-state index contributed by atoms with van der Waals surface area (Å²) in [4.78, 5) is 22.2. The molecule has 5 heteroatoms. The van der Waals surface area contributed by atoms with Crippen LogP contribution in [0.4, 0.5) is 0 Å². The van der Waals surface area contributed by atoms with Crippen LogP contribution in [0.5, 0.6) is 0 Å². The van der Waals surface area contributed by atoms with Gasteiger partial charge in [-0.2, -0.15) is 0 Å². The normalized spacial score (nSPS) is 21.3. The summed E-state index contributed by atoms with van der Waals surface area (Å²) >= 11 is 0. The third kappa shape index (κ3) is 3.90. The molecule has 1 saturated heterocycles. The van der Waals surface area contributed by atoms with Crippen molar-refractivity contribution in [3.8, 4) is 0 Å². The lowest BCUT2D eigenvalue weighted by molar-refractivity contribution is -0.125. The molecule has 3 N–H and O–H groups in total. The number of aliphatic hydroxyl groups excluding tert-OH is 1. The quantitative estimate of drug-likeness (QED) is 0.550. The predicted molar refractivity (Wildman–Crippen MR) is 59.7 cm³/mol. The fourth-order valence-corrected chi connectivity index (χ4v) is 1.76. The van der Waals surface area contributed by atoms with E-state index in [1.807, 2.05) is 0 Å². The van der Waals surface area contributed by atoms with Crippen molar-refractivity contribution in [2.75, 3.05) is 13.2 Å². The molecule has 1 fully saturated rings. The minimum atomic E-state index is -0.388. The second-order valence-electron chi connectivity index (χ2n) is 5.04. The van der Waals surface area contributed by atoms with Crippen LogP contribution in [0.1, 0.15) is 33.1 Å². The Balaban J connectivity index is 2.33. The maximum Gasteiger partial charge on any atom is 0.244 e. The molecule has 92 valence electrons. The smallest absolute Gasteiger partial charge is 0.244 e. The number of hydrogen-bond donors (Lipinski definition) is 3. The molecular weight excluding hydrogens is 208 g/mol. The highest BCUT2D eigenvalue weighted by atomic mass is 16.3. The van der Waals surface area contributed by atoms with Crippen molar-refractivity contribution < 1.29 is 14.7 Å². The fourth-order valence-electron chi connectivity index (χ4n) is 1.76. The Morgan fingerprint density at radius 2 is 2.19 bits per heavy atom. The Morgan fingerprint density at radius 1 is 1.50 bits per heavy atom. The van der Waals surface area contributed by atoms with Crippen molar-refractivity contribution in [2.24, 2.45) is 5.41 Å². The zero-order valence-corrected chi connectivity index (χ0v) is 9.88. The van der Waals surface area contributed by atoms with Gasteiger partial charge in [-0.1, -0.05) is 13.8 Å². The van der Waals surface area contributed by atoms with E-state index < -0.39 is 0 Å². The molecule has 0 aromatic carbocycles. The number of carbonyl (C=O) groups excluding carboxylic acids is 2. The number of nitrogens with one attached hydrogen (secondary N) is 2. The topological polar surface area (TPSA) is 78.4 Å². The summed E-state index contributed by atoms with van der Waals surface area (Å²) < 4.78 is 0. The molecule has 1 rings (SSSR count). The molecule has 5 nitrogen and oxygen atoms in total. The van der Waals surface area contributed by atoms with Crippen molar-refractivity contribution in [2.45, 2.75) is 39.2 Å². The number of aliphatic hydroxyl groups is 1. The molecule has 2 amide bonds. The van der Waals surface area contributed by atoms with Gasteiger partial charge in [0.05, 0.1) is 12.5 Å². The van der Waals surface area contributed by atoms with Crippen molar-refractivity contribution in [1.82, 2.24) is 10.6 Å². The lowest BCUT2D eigenvalue weighted by Gasteiger charge is -2.26. The predicted octanol–water partition coefficient (Wildman–Crippen LogP) is -0.210. The third-order valence-electron chi connectivity index (χ3n) is 2.81. The summed E-state index contributed by atoms with van der Waals surface area (Å²) in [5.74, 6) is -0.446. The van der Waals surface area contributed by atoms with Crippen LogP contribution in [0.2, 0.25) is 0 Å². The molecule has 0 aromatic rings. The van der Waals surface area contributed by atoms with Gasteiger partial charge < -0.3 is 10.4 Å². The van der Waals surface area contributed by atoms with Gasteiger partial charge in [-0.05, 0) is 18.3 Å². The number of rotatable bonds is 6. The summed E-state index contributed by atoms with van der Waals surface area (Å²) in [5, 5.41) is 14.1. The molecule has 0 spiro atoms. The van der Waals surface area contributed by atoms with Crippen LogP contribution in [0.3, 0.4) is 0 Å². The van der Waals surface area contributed by atoms with E-state index in [1.165, 1.54) is 0 Å². The molecule has 1 heterocycles.